The third-order valence-corrected chi connectivity index (χ3v) is 7.70. The van der Waals surface area contributed by atoms with E-state index in [0.29, 0.717) is 0 Å². The van der Waals surface area contributed by atoms with Crippen LogP contribution in [-0.4, -0.2) is 20.7 Å². The Morgan fingerprint density at radius 1 is 0.900 bits per heavy atom. The average molecular weight is 208 g/mol. The summed E-state index contributed by atoms with van der Waals surface area (Å²) in [5.41, 5.74) is 0. The molecule has 2 aliphatic rings. The zero-order chi connectivity index (χ0) is 6.81. The number of thioether (sulfide) groups is 4. The van der Waals surface area contributed by atoms with E-state index in [1.807, 2.05) is 23.5 Å². The molecule has 0 amide bonds. The summed E-state index contributed by atoms with van der Waals surface area (Å²) < 4.78 is 1.66. The van der Waals surface area contributed by atoms with Crippen LogP contribution in [0.4, 0.5) is 0 Å². The maximum Gasteiger partial charge on any atom is 0.0794 e. The molecule has 0 aromatic heterocycles. The summed E-state index contributed by atoms with van der Waals surface area (Å²) in [5, 5.41) is 4.43. The summed E-state index contributed by atoms with van der Waals surface area (Å²) in [7, 11) is 0. The Morgan fingerprint density at radius 3 is 2.10 bits per heavy atom. The van der Waals surface area contributed by atoms with Crippen LogP contribution in [0.15, 0.2) is 10.8 Å². The minimum Gasteiger partial charge on any atom is -0.145 e. The van der Waals surface area contributed by atoms with E-state index >= 15 is 0 Å². The average Bonchev–Trinajstić information content (AvgIpc) is 2.59. The first-order valence-corrected chi connectivity index (χ1v) is 7.14. The van der Waals surface area contributed by atoms with Crippen molar-refractivity contribution in [3.63, 3.8) is 0 Å². The molecule has 0 atom stereocenters. The lowest BCUT2D eigenvalue weighted by Crippen LogP contribution is -2.05. The quantitative estimate of drug-likeness (QED) is 0.649. The Balaban J connectivity index is 1.87. The molecule has 56 valence electrons. The molecule has 0 radical (unpaired) electrons. The van der Waals surface area contributed by atoms with Crippen LogP contribution < -0.4 is 0 Å². The van der Waals surface area contributed by atoms with Gasteiger partial charge in [0.2, 0.25) is 0 Å². The minimum absolute atomic E-state index is 0.803. The van der Waals surface area contributed by atoms with Crippen molar-refractivity contribution in [3.8, 4) is 0 Å². The summed E-state index contributed by atoms with van der Waals surface area (Å²) in [6, 6.07) is 0. The largest absolute Gasteiger partial charge is 0.145 e. The van der Waals surface area contributed by atoms with E-state index in [1.165, 1.54) is 11.5 Å². The molecule has 1 fully saturated rings. The lowest BCUT2D eigenvalue weighted by Gasteiger charge is -2.13. The number of hydrogen-bond donors (Lipinski definition) is 0. The van der Waals surface area contributed by atoms with Crippen molar-refractivity contribution >= 4 is 47.0 Å². The minimum atomic E-state index is 0.803. The fourth-order valence-corrected chi connectivity index (χ4v) is 6.86. The lowest BCUT2D eigenvalue weighted by atomic mass is 10.9. The van der Waals surface area contributed by atoms with Crippen LogP contribution in [0.2, 0.25) is 0 Å². The van der Waals surface area contributed by atoms with Crippen LogP contribution in [-0.2, 0) is 0 Å². The molecule has 2 aliphatic heterocycles. The van der Waals surface area contributed by atoms with E-state index in [9.17, 15) is 0 Å². The molecule has 10 heavy (non-hydrogen) atoms. The highest BCUT2D eigenvalue weighted by atomic mass is 32.2. The van der Waals surface area contributed by atoms with E-state index in [-0.39, 0.29) is 0 Å². The molecule has 0 aromatic carbocycles. The summed E-state index contributed by atoms with van der Waals surface area (Å²) in [6.07, 6.45) is 0. The molecule has 0 aliphatic carbocycles. The van der Waals surface area contributed by atoms with E-state index in [0.717, 1.165) is 9.16 Å². The molecule has 1 saturated heterocycles. The zero-order valence-electron chi connectivity index (χ0n) is 5.36. The highest BCUT2D eigenvalue weighted by molar-refractivity contribution is 8.27. The van der Waals surface area contributed by atoms with Crippen LogP contribution in [0.5, 0.6) is 0 Å². The summed E-state index contributed by atoms with van der Waals surface area (Å²) in [5.74, 6) is 2.71. The molecule has 0 bridgehead atoms. The second-order valence-electron chi connectivity index (χ2n) is 2.02. The van der Waals surface area contributed by atoms with Gasteiger partial charge < -0.3 is 0 Å². The van der Waals surface area contributed by atoms with Gasteiger partial charge in [0.05, 0.1) is 9.16 Å². The van der Waals surface area contributed by atoms with Crippen molar-refractivity contribution in [1.29, 1.82) is 0 Å². The predicted molar refractivity (Wildman–Crippen MR) is 56.8 cm³/mol. The van der Waals surface area contributed by atoms with Gasteiger partial charge in [0.1, 0.15) is 0 Å². The van der Waals surface area contributed by atoms with Crippen molar-refractivity contribution in [2.45, 2.75) is 9.16 Å². The summed E-state index contributed by atoms with van der Waals surface area (Å²) in [4.78, 5) is 0. The Bertz CT molecular complexity index is 131. The highest BCUT2D eigenvalue weighted by Gasteiger charge is 2.27. The van der Waals surface area contributed by atoms with Gasteiger partial charge in [-0.25, -0.2) is 0 Å². The first kappa shape index (κ1) is 7.77. The van der Waals surface area contributed by atoms with Gasteiger partial charge in [-0.1, -0.05) is 0 Å². The van der Waals surface area contributed by atoms with Crippen molar-refractivity contribution in [1.82, 2.24) is 0 Å². The van der Waals surface area contributed by atoms with Crippen LogP contribution in [0.25, 0.3) is 0 Å². The van der Waals surface area contributed by atoms with Gasteiger partial charge in [-0.05, 0) is 10.8 Å². The number of rotatable bonds is 1. The smallest absolute Gasteiger partial charge is 0.0794 e. The van der Waals surface area contributed by atoms with Crippen molar-refractivity contribution in [3.05, 3.63) is 10.8 Å². The van der Waals surface area contributed by atoms with Crippen molar-refractivity contribution < 1.29 is 0 Å². The van der Waals surface area contributed by atoms with E-state index < -0.39 is 0 Å². The van der Waals surface area contributed by atoms with E-state index in [4.69, 9.17) is 0 Å². The van der Waals surface area contributed by atoms with Gasteiger partial charge in [-0.3, -0.25) is 0 Å². The predicted octanol–water partition coefficient (Wildman–Crippen LogP) is 3.07. The molecular weight excluding hydrogens is 200 g/mol. The monoisotopic (exact) mass is 208 g/mol. The second-order valence-corrected chi connectivity index (χ2v) is 7.22. The zero-order valence-corrected chi connectivity index (χ0v) is 8.62. The molecule has 4 heteroatoms. The molecular formula is C6H8S4. The Kier molecular flexibility index (Phi) is 2.87. The summed E-state index contributed by atoms with van der Waals surface area (Å²) in [6.45, 7) is 0. The molecule has 0 saturated carbocycles. The van der Waals surface area contributed by atoms with Crippen LogP contribution >= 0.6 is 47.0 Å². The number of hydrogen-bond acceptors (Lipinski definition) is 4. The lowest BCUT2D eigenvalue weighted by molar-refractivity contribution is 1.39. The molecule has 0 N–H and O–H groups in total. The topological polar surface area (TPSA) is 0 Å². The van der Waals surface area contributed by atoms with Crippen molar-refractivity contribution in [2.75, 3.05) is 11.5 Å². The van der Waals surface area contributed by atoms with Crippen molar-refractivity contribution in [2.24, 2.45) is 0 Å². The third kappa shape index (κ3) is 1.65. The molecule has 0 unspecified atom stereocenters. The van der Waals surface area contributed by atoms with Gasteiger partial charge in [0.25, 0.3) is 0 Å². The van der Waals surface area contributed by atoms with Crippen LogP contribution in [0.3, 0.4) is 0 Å². The molecule has 2 rings (SSSR count). The standard InChI is InChI=1S/C6H8S4/c1-2-8-5(7-1)6-9-3-4-10-6/h1-2,5-6H,3-4H2. The van der Waals surface area contributed by atoms with Crippen LogP contribution in [0.1, 0.15) is 0 Å². The molecule has 0 spiro atoms. The Hall–Kier alpha value is 1.14. The molecule has 0 aromatic rings. The molecule has 0 nitrogen and oxygen atoms in total. The first-order valence-electron chi connectivity index (χ1n) is 3.16. The molecule has 2 heterocycles. The van der Waals surface area contributed by atoms with Crippen LogP contribution in [0, 0.1) is 0 Å². The van der Waals surface area contributed by atoms with Gasteiger partial charge in [-0.15, -0.1) is 47.0 Å². The maximum absolute atomic E-state index is 2.22. The third-order valence-electron chi connectivity index (χ3n) is 1.35. The van der Waals surface area contributed by atoms with Gasteiger partial charge >= 0.3 is 0 Å². The van der Waals surface area contributed by atoms with E-state index in [2.05, 4.69) is 34.3 Å². The SMILES string of the molecule is C1=CSC(C2SCCS2)S1. The van der Waals surface area contributed by atoms with Gasteiger partial charge in [-0.2, -0.15) is 0 Å². The fraction of sp³-hybridized carbons (Fsp3) is 0.667. The Labute approximate surface area is 78.4 Å². The van der Waals surface area contributed by atoms with Gasteiger partial charge in [0, 0.05) is 11.5 Å². The Morgan fingerprint density at radius 2 is 1.50 bits per heavy atom. The maximum atomic E-state index is 2.22. The highest BCUT2D eigenvalue weighted by Crippen LogP contribution is 2.47. The normalized spacial score (nSPS) is 28.4. The first-order chi connectivity index (χ1) is 4.97. The summed E-state index contributed by atoms with van der Waals surface area (Å²) >= 11 is 8.20. The van der Waals surface area contributed by atoms with Gasteiger partial charge in [0.15, 0.2) is 0 Å². The fourth-order valence-electron chi connectivity index (χ4n) is 0.913. The van der Waals surface area contributed by atoms with E-state index in [1.54, 1.807) is 0 Å². The second kappa shape index (κ2) is 3.70.